The minimum atomic E-state index is -0.107. The summed E-state index contributed by atoms with van der Waals surface area (Å²) in [6.07, 6.45) is 8.90. The number of nitrogens with zero attached hydrogens (tertiary/aromatic N) is 1. The Bertz CT molecular complexity index is 1310. The molecule has 0 radical (unpaired) electrons. The number of aryl methyl sites for hydroxylation is 3. The van der Waals surface area contributed by atoms with Gasteiger partial charge in [0.1, 0.15) is 17.9 Å². The molecule has 0 amide bonds. The Labute approximate surface area is 297 Å². The van der Waals surface area contributed by atoms with Crippen LogP contribution in [0.4, 0.5) is 4.39 Å². The molecule has 1 saturated heterocycles. The number of benzene rings is 3. The van der Waals surface area contributed by atoms with Crippen LogP contribution in [0.5, 0.6) is 17.2 Å². The van der Waals surface area contributed by atoms with Gasteiger partial charge in [-0.25, -0.2) is 4.39 Å². The highest BCUT2D eigenvalue weighted by atomic mass is 19.1. The van der Waals surface area contributed by atoms with E-state index in [0.29, 0.717) is 18.5 Å². The summed E-state index contributed by atoms with van der Waals surface area (Å²) in [5, 5.41) is 3.07. The number of rotatable bonds is 11. The van der Waals surface area contributed by atoms with Gasteiger partial charge in [-0.05, 0) is 105 Å². The lowest BCUT2D eigenvalue weighted by molar-refractivity contribution is -0.109. The lowest BCUT2D eigenvalue weighted by atomic mass is 9.94. The van der Waals surface area contributed by atoms with Crippen LogP contribution in [0.15, 0.2) is 54.6 Å². The monoisotopic (exact) mass is 680 g/mol. The molecule has 5 rings (SSSR count). The van der Waals surface area contributed by atoms with E-state index in [9.17, 15) is 9.18 Å². The van der Waals surface area contributed by atoms with Crippen molar-refractivity contribution in [2.75, 3.05) is 47.5 Å². The van der Waals surface area contributed by atoms with Gasteiger partial charge in [-0.15, -0.1) is 0 Å². The zero-order valence-corrected chi connectivity index (χ0v) is 32.2. The van der Waals surface area contributed by atoms with Crippen LogP contribution in [0.2, 0.25) is 0 Å². The molecule has 0 spiro atoms. The van der Waals surface area contributed by atoms with E-state index in [1.807, 2.05) is 51.2 Å². The molecule has 2 heterocycles. The van der Waals surface area contributed by atoms with Crippen molar-refractivity contribution in [2.24, 2.45) is 0 Å². The molecule has 0 bridgehead atoms. The lowest BCUT2D eigenvalue weighted by Gasteiger charge is -2.17. The van der Waals surface area contributed by atoms with E-state index in [0.717, 1.165) is 80.9 Å². The SMILES string of the molecule is CC.CC1CC(c2ccc3c(c2)CCO3)CN1CC=O.CCCCNC.CCCc1ccc(F)c(C)c1.CCc1cccc(OC)c1OC. The molecule has 0 aromatic heterocycles. The van der Waals surface area contributed by atoms with Gasteiger partial charge in [0, 0.05) is 19.0 Å². The Kier molecular flexibility index (Phi) is 22.7. The van der Waals surface area contributed by atoms with E-state index in [4.69, 9.17) is 14.2 Å². The van der Waals surface area contributed by atoms with E-state index in [1.165, 1.54) is 35.1 Å². The number of aldehydes is 1. The number of methoxy groups -OCH3 is 2. The molecule has 3 aromatic rings. The van der Waals surface area contributed by atoms with Crippen LogP contribution in [-0.4, -0.2) is 64.7 Å². The number of hydrogen-bond acceptors (Lipinski definition) is 6. The second kappa shape index (κ2) is 25.5. The number of carbonyl (C=O) groups is 1. The van der Waals surface area contributed by atoms with E-state index in [-0.39, 0.29) is 5.82 Å². The normalized spacial score (nSPS) is 15.7. The summed E-state index contributed by atoms with van der Waals surface area (Å²) in [6.45, 7) is 18.0. The first-order valence-corrected chi connectivity index (χ1v) is 18.3. The number of halogens is 1. The number of carbonyl (C=O) groups excluding carboxylic acids is 1. The Morgan fingerprint density at radius 1 is 1.02 bits per heavy atom. The minimum absolute atomic E-state index is 0.107. The molecule has 2 aliphatic rings. The predicted octanol–water partition coefficient (Wildman–Crippen LogP) is 9.38. The fraction of sp³-hybridized carbons (Fsp3) is 0.548. The van der Waals surface area contributed by atoms with Gasteiger partial charge in [-0.2, -0.15) is 0 Å². The molecular formula is C42H65FN2O4. The van der Waals surface area contributed by atoms with Crippen molar-refractivity contribution in [1.82, 2.24) is 10.2 Å². The van der Waals surface area contributed by atoms with Crippen LogP contribution in [0.25, 0.3) is 0 Å². The largest absolute Gasteiger partial charge is 0.493 e. The lowest BCUT2D eigenvalue weighted by Crippen LogP contribution is -2.28. The summed E-state index contributed by atoms with van der Waals surface area (Å²) in [5.74, 6) is 3.16. The zero-order chi connectivity index (χ0) is 36.6. The molecule has 2 atom stereocenters. The van der Waals surface area contributed by atoms with Crippen molar-refractivity contribution in [1.29, 1.82) is 0 Å². The summed E-state index contributed by atoms with van der Waals surface area (Å²) in [4.78, 5) is 12.9. The van der Waals surface area contributed by atoms with Gasteiger partial charge in [-0.1, -0.05) is 83.9 Å². The number of likely N-dealkylation sites (tertiary alicyclic amines) is 1. The quantitative estimate of drug-likeness (QED) is 0.161. The number of hydrogen-bond donors (Lipinski definition) is 1. The van der Waals surface area contributed by atoms with Gasteiger partial charge in [0.05, 0.1) is 27.4 Å². The molecule has 6 nitrogen and oxygen atoms in total. The first kappa shape index (κ1) is 43.6. The van der Waals surface area contributed by atoms with Crippen molar-refractivity contribution >= 4 is 6.29 Å². The maximum Gasteiger partial charge on any atom is 0.163 e. The molecule has 3 aromatic carbocycles. The summed E-state index contributed by atoms with van der Waals surface area (Å²) in [5.41, 5.74) is 5.90. The number of fused-ring (bicyclic) bond motifs is 1. The first-order chi connectivity index (χ1) is 23.8. The van der Waals surface area contributed by atoms with Crippen molar-refractivity contribution in [3.05, 3.63) is 88.2 Å². The fourth-order valence-corrected chi connectivity index (χ4v) is 5.89. The highest BCUT2D eigenvalue weighted by molar-refractivity contribution is 5.52. The third kappa shape index (κ3) is 14.9. The van der Waals surface area contributed by atoms with Crippen LogP contribution in [0.3, 0.4) is 0 Å². The number of unbranched alkanes of at least 4 members (excludes halogenated alkanes) is 1. The van der Waals surface area contributed by atoms with Gasteiger partial charge in [-0.3, -0.25) is 4.90 Å². The molecule has 274 valence electrons. The first-order valence-electron chi connectivity index (χ1n) is 18.3. The number of para-hydroxylation sites is 1. The molecule has 1 fully saturated rings. The van der Waals surface area contributed by atoms with Crippen LogP contribution in [0.1, 0.15) is 101 Å². The summed E-state index contributed by atoms with van der Waals surface area (Å²) in [6, 6.07) is 18.3. The maximum absolute atomic E-state index is 12.7. The second-order valence-electron chi connectivity index (χ2n) is 12.2. The summed E-state index contributed by atoms with van der Waals surface area (Å²) in [7, 11) is 5.30. The van der Waals surface area contributed by atoms with Crippen molar-refractivity contribution in [3.63, 3.8) is 0 Å². The topological polar surface area (TPSA) is 60.0 Å². The van der Waals surface area contributed by atoms with Crippen molar-refractivity contribution < 1.29 is 23.4 Å². The number of ether oxygens (including phenoxy) is 3. The second-order valence-corrected chi connectivity index (χ2v) is 12.2. The molecule has 0 aliphatic carbocycles. The molecule has 7 heteroatoms. The molecule has 2 aliphatic heterocycles. The molecule has 1 N–H and O–H groups in total. The van der Waals surface area contributed by atoms with Gasteiger partial charge < -0.3 is 24.3 Å². The Hall–Kier alpha value is -3.42. The highest BCUT2D eigenvalue weighted by Gasteiger charge is 2.30. The predicted molar refractivity (Wildman–Crippen MR) is 204 cm³/mol. The molecule has 0 saturated carbocycles. The summed E-state index contributed by atoms with van der Waals surface area (Å²) < 4.78 is 28.7. The zero-order valence-electron chi connectivity index (χ0n) is 32.2. The average Bonchev–Trinajstić information content (AvgIpc) is 3.76. The van der Waals surface area contributed by atoms with Crippen LogP contribution >= 0.6 is 0 Å². The fourth-order valence-electron chi connectivity index (χ4n) is 5.89. The van der Waals surface area contributed by atoms with Crippen molar-refractivity contribution in [3.8, 4) is 17.2 Å². The van der Waals surface area contributed by atoms with Gasteiger partial charge in [0.25, 0.3) is 0 Å². The highest BCUT2D eigenvalue weighted by Crippen LogP contribution is 2.35. The van der Waals surface area contributed by atoms with E-state index < -0.39 is 0 Å². The van der Waals surface area contributed by atoms with Gasteiger partial charge in [0.2, 0.25) is 0 Å². The third-order valence-corrected chi connectivity index (χ3v) is 8.60. The summed E-state index contributed by atoms with van der Waals surface area (Å²) >= 11 is 0. The molecule has 49 heavy (non-hydrogen) atoms. The third-order valence-electron chi connectivity index (χ3n) is 8.60. The van der Waals surface area contributed by atoms with Crippen LogP contribution in [-0.2, 0) is 24.1 Å². The van der Waals surface area contributed by atoms with E-state index >= 15 is 0 Å². The van der Waals surface area contributed by atoms with E-state index in [2.05, 4.69) is 56.1 Å². The van der Waals surface area contributed by atoms with Crippen LogP contribution in [0, 0.1) is 12.7 Å². The smallest absolute Gasteiger partial charge is 0.163 e. The van der Waals surface area contributed by atoms with Crippen molar-refractivity contribution in [2.45, 2.75) is 105 Å². The Balaban J connectivity index is 0.000000342. The average molecular weight is 681 g/mol. The molecular weight excluding hydrogens is 615 g/mol. The van der Waals surface area contributed by atoms with Gasteiger partial charge in [0.15, 0.2) is 11.5 Å². The minimum Gasteiger partial charge on any atom is -0.493 e. The Morgan fingerprint density at radius 3 is 2.35 bits per heavy atom. The standard InChI is InChI=1S/C15H19NO2.C10H13F.C10H14O2.C5H13N.C2H6/c1-11-8-14(10-16(11)5-6-17)12-2-3-15-13(9-12)4-7-18-15;1-3-4-9-5-6-10(11)8(2)7-9;1-4-8-6-5-7-9(11-2)10(8)12-3;1-3-4-5-6-2;1-2/h2-3,6,9,11,14H,4-5,7-8,10H2,1H3;5-7H,3-4H2,1-2H3;5-7H,4H2,1-3H3;6H,3-5H2,1-2H3;1-2H3. The Morgan fingerprint density at radius 2 is 1.78 bits per heavy atom. The van der Waals surface area contributed by atoms with E-state index in [1.54, 1.807) is 27.2 Å². The number of nitrogens with one attached hydrogen (secondary N) is 1. The van der Waals surface area contributed by atoms with Crippen LogP contribution < -0.4 is 19.5 Å². The van der Waals surface area contributed by atoms with Gasteiger partial charge >= 0.3 is 0 Å². The maximum atomic E-state index is 12.7. The molecule has 2 unspecified atom stereocenters.